The van der Waals surface area contributed by atoms with E-state index in [0.29, 0.717) is 4.48 Å². The molecule has 1 unspecified atom stereocenters. The SMILES string of the molecule is C=C(Br)C(O)CCCCC. The lowest BCUT2D eigenvalue weighted by molar-refractivity contribution is 0.206. The van der Waals surface area contributed by atoms with E-state index < -0.39 is 0 Å². The third kappa shape index (κ3) is 5.00. The van der Waals surface area contributed by atoms with Gasteiger partial charge in [0.15, 0.2) is 0 Å². The summed E-state index contributed by atoms with van der Waals surface area (Å²) in [7, 11) is 0. The summed E-state index contributed by atoms with van der Waals surface area (Å²) in [4.78, 5) is 0. The smallest absolute Gasteiger partial charge is 0.0848 e. The van der Waals surface area contributed by atoms with Crippen LogP contribution in [0.15, 0.2) is 11.1 Å². The minimum atomic E-state index is -0.355. The van der Waals surface area contributed by atoms with Gasteiger partial charge in [0.2, 0.25) is 0 Å². The van der Waals surface area contributed by atoms with Gasteiger partial charge in [0, 0.05) is 4.48 Å². The summed E-state index contributed by atoms with van der Waals surface area (Å²) in [5.41, 5.74) is 0. The van der Waals surface area contributed by atoms with Gasteiger partial charge in [-0.3, -0.25) is 0 Å². The predicted molar refractivity (Wildman–Crippen MR) is 48.2 cm³/mol. The van der Waals surface area contributed by atoms with Crippen LogP contribution in [0.25, 0.3) is 0 Å². The van der Waals surface area contributed by atoms with Crippen molar-refractivity contribution >= 4 is 15.9 Å². The molecule has 0 aliphatic rings. The molecule has 1 N–H and O–H groups in total. The summed E-state index contributed by atoms with van der Waals surface area (Å²) >= 11 is 3.15. The van der Waals surface area contributed by atoms with Crippen LogP contribution >= 0.6 is 15.9 Å². The van der Waals surface area contributed by atoms with E-state index in [1.54, 1.807) is 0 Å². The highest BCUT2D eigenvalue weighted by atomic mass is 79.9. The van der Waals surface area contributed by atoms with E-state index in [-0.39, 0.29) is 6.10 Å². The minimum absolute atomic E-state index is 0.355. The zero-order chi connectivity index (χ0) is 7.98. The van der Waals surface area contributed by atoms with Crippen molar-refractivity contribution in [3.05, 3.63) is 11.1 Å². The van der Waals surface area contributed by atoms with Gasteiger partial charge in [-0.15, -0.1) is 0 Å². The molecule has 0 spiro atoms. The number of halogens is 1. The van der Waals surface area contributed by atoms with Crippen LogP contribution in [0.4, 0.5) is 0 Å². The summed E-state index contributed by atoms with van der Waals surface area (Å²) in [6.45, 7) is 5.75. The average Bonchev–Trinajstić information content (AvgIpc) is 1.88. The lowest BCUT2D eigenvalue weighted by Gasteiger charge is -2.06. The number of hydrogen-bond acceptors (Lipinski definition) is 1. The Bertz CT molecular complexity index is 101. The van der Waals surface area contributed by atoms with Crippen molar-refractivity contribution in [2.24, 2.45) is 0 Å². The van der Waals surface area contributed by atoms with Crippen LogP contribution in [0.5, 0.6) is 0 Å². The first kappa shape index (κ1) is 10.2. The molecule has 0 aliphatic heterocycles. The van der Waals surface area contributed by atoms with E-state index in [4.69, 9.17) is 0 Å². The number of rotatable bonds is 5. The summed E-state index contributed by atoms with van der Waals surface area (Å²) in [5.74, 6) is 0. The molecule has 0 aromatic carbocycles. The van der Waals surface area contributed by atoms with Gasteiger partial charge in [-0.2, -0.15) is 0 Å². The van der Waals surface area contributed by atoms with E-state index in [0.717, 1.165) is 12.8 Å². The Hall–Kier alpha value is 0.180. The second-order valence-electron chi connectivity index (χ2n) is 2.46. The van der Waals surface area contributed by atoms with Gasteiger partial charge < -0.3 is 5.11 Å². The molecular weight excluding hydrogens is 192 g/mol. The van der Waals surface area contributed by atoms with Crippen molar-refractivity contribution in [2.45, 2.75) is 38.7 Å². The molecule has 0 heterocycles. The Kier molecular flexibility index (Phi) is 6.03. The molecule has 0 radical (unpaired) electrons. The largest absolute Gasteiger partial charge is 0.388 e. The topological polar surface area (TPSA) is 20.2 Å². The van der Waals surface area contributed by atoms with Crippen LogP contribution in [0, 0.1) is 0 Å². The third-order valence-corrected chi connectivity index (χ3v) is 1.97. The summed E-state index contributed by atoms with van der Waals surface area (Å²) in [5, 5.41) is 9.21. The highest BCUT2D eigenvalue weighted by Crippen LogP contribution is 2.13. The van der Waals surface area contributed by atoms with Crippen LogP contribution in [0.2, 0.25) is 0 Å². The third-order valence-electron chi connectivity index (χ3n) is 1.44. The molecule has 2 heteroatoms. The van der Waals surface area contributed by atoms with Gasteiger partial charge in [0.05, 0.1) is 6.10 Å². The minimum Gasteiger partial charge on any atom is -0.388 e. The van der Waals surface area contributed by atoms with E-state index in [1.165, 1.54) is 12.8 Å². The fraction of sp³-hybridized carbons (Fsp3) is 0.750. The van der Waals surface area contributed by atoms with Crippen molar-refractivity contribution in [3.63, 3.8) is 0 Å². The van der Waals surface area contributed by atoms with Gasteiger partial charge in [-0.1, -0.05) is 48.7 Å². The normalized spacial score (nSPS) is 13.1. The van der Waals surface area contributed by atoms with E-state index in [9.17, 15) is 5.11 Å². The first-order valence-corrected chi connectivity index (χ1v) is 4.50. The number of unbranched alkanes of at least 4 members (excludes halogenated alkanes) is 2. The maximum Gasteiger partial charge on any atom is 0.0848 e. The Labute approximate surface area is 71.3 Å². The molecule has 0 saturated heterocycles. The monoisotopic (exact) mass is 206 g/mol. The second kappa shape index (κ2) is 5.93. The Morgan fingerprint density at radius 3 is 2.60 bits per heavy atom. The molecule has 10 heavy (non-hydrogen) atoms. The molecule has 0 bridgehead atoms. The van der Waals surface area contributed by atoms with Gasteiger partial charge in [-0.05, 0) is 6.42 Å². The summed E-state index contributed by atoms with van der Waals surface area (Å²) < 4.78 is 0.698. The number of aliphatic hydroxyl groups is 1. The van der Waals surface area contributed by atoms with Crippen LogP contribution in [-0.4, -0.2) is 11.2 Å². The Morgan fingerprint density at radius 1 is 1.60 bits per heavy atom. The maximum atomic E-state index is 9.21. The van der Waals surface area contributed by atoms with Crippen LogP contribution in [-0.2, 0) is 0 Å². The van der Waals surface area contributed by atoms with Gasteiger partial charge in [0.25, 0.3) is 0 Å². The zero-order valence-corrected chi connectivity index (χ0v) is 8.02. The molecular formula is C8H15BrO. The van der Waals surface area contributed by atoms with E-state index in [1.807, 2.05) is 0 Å². The standard InChI is InChI=1S/C8H15BrO/c1-3-4-5-6-8(10)7(2)9/h8,10H,2-6H2,1H3. The zero-order valence-electron chi connectivity index (χ0n) is 6.44. The predicted octanol–water partition coefficient (Wildman–Crippen LogP) is 2.84. The van der Waals surface area contributed by atoms with Crippen molar-refractivity contribution < 1.29 is 5.11 Å². The summed E-state index contributed by atoms with van der Waals surface area (Å²) in [6.07, 6.45) is 3.95. The van der Waals surface area contributed by atoms with Gasteiger partial charge >= 0.3 is 0 Å². The van der Waals surface area contributed by atoms with Crippen molar-refractivity contribution in [1.29, 1.82) is 0 Å². The quantitative estimate of drug-likeness (QED) is 0.687. The molecule has 0 aliphatic carbocycles. The van der Waals surface area contributed by atoms with Crippen molar-refractivity contribution in [2.75, 3.05) is 0 Å². The van der Waals surface area contributed by atoms with E-state index >= 15 is 0 Å². The molecule has 0 fully saturated rings. The lowest BCUT2D eigenvalue weighted by Crippen LogP contribution is -2.04. The first-order valence-electron chi connectivity index (χ1n) is 3.70. The molecule has 0 amide bonds. The molecule has 0 aromatic heterocycles. The second-order valence-corrected chi connectivity index (χ2v) is 3.48. The first-order chi connectivity index (χ1) is 4.68. The molecule has 1 nitrogen and oxygen atoms in total. The number of hydrogen-bond donors (Lipinski definition) is 1. The van der Waals surface area contributed by atoms with Gasteiger partial charge in [0.1, 0.15) is 0 Å². The number of aliphatic hydroxyl groups excluding tert-OH is 1. The molecule has 0 aromatic rings. The summed E-state index contributed by atoms with van der Waals surface area (Å²) in [6, 6.07) is 0. The molecule has 0 saturated carbocycles. The van der Waals surface area contributed by atoms with Crippen LogP contribution in [0.3, 0.4) is 0 Å². The van der Waals surface area contributed by atoms with Crippen molar-refractivity contribution in [1.82, 2.24) is 0 Å². The van der Waals surface area contributed by atoms with Crippen LogP contribution in [0.1, 0.15) is 32.6 Å². The fourth-order valence-corrected chi connectivity index (χ4v) is 0.973. The highest BCUT2D eigenvalue weighted by molar-refractivity contribution is 9.11. The van der Waals surface area contributed by atoms with E-state index in [2.05, 4.69) is 29.4 Å². The molecule has 0 rings (SSSR count). The van der Waals surface area contributed by atoms with Crippen molar-refractivity contribution in [3.8, 4) is 0 Å². The Morgan fingerprint density at radius 2 is 2.20 bits per heavy atom. The highest BCUT2D eigenvalue weighted by Gasteiger charge is 2.03. The van der Waals surface area contributed by atoms with Crippen LogP contribution < -0.4 is 0 Å². The van der Waals surface area contributed by atoms with Gasteiger partial charge in [-0.25, -0.2) is 0 Å². The Balaban J connectivity index is 3.21. The maximum absolute atomic E-state index is 9.21. The molecule has 1 atom stereocenters. The molecule has 60 valence electrons. The fourth-order valence-electron chi connectivity index (χ4n) is 0.744. The average molecular weight is 207 g/mol. The lowest BCUT2D eigenvalue weighted by atomic mass is 10.1.